The molecule has 3 rings (SSSR count). The number of ketones is 1. The van der Waals surface area contributed by atoms with E-state index in [4.69, 9.17) is 9.47 Å². The van der Waals surface area contributed by atoms with Gasteiger partial charge in [-0.05, 0) is 31.2 Å². The van der Waals surface area contributed by atoms with E-state index >= 15 is 0 Å². The molecule has 1 aliphatic rings. The number of hydrogen-bond acceptors (Lipinski definition) is 5. The lowest BCUT2D eigenvalue weighted by Crippen LogP contribution is -2.39. The van der Waals surface area contributed by atoms with Crippen LogP contribution >= 0.6 is 0 Å². The average molecular weight is 397 g/mol. The summed E-state index contributed by atoms with van der Waals surface area (Å²) in [6.45, 7) is 1.81. The van der Waals surface area contributed by atoms with Gasteiger partial charge >= 0.3 is 6.03 Å². The summed E-state index contributed by atoms with van der Waals surface area (Å²) in [6.07, 6.45) is 0.190. The molecular formula is C21H23N3O5. The van der Waals surface area contributed by atoms with Crippen molar-refractivity contribution in [3.8, 4) is 11.5 Å². The Morgan fingerprint density at radius 3 is 2.52 bits per heavy atom. The Hall–Kier alpha value is -3.55. The van der Waals surface area contributed by atoms with Crippen LogP contribution in [0.2, 0.25) is 0 Å². The summed E-state index contributed by atoms with van der Waals surface area (Å²) in [7, 11) is 3.08. The molecule has 0 bridgehead atoms. The summed E-state index contributed by atoms with van der Waals surface area (Å²) in [6, 6.07) is 11.1. The van der Waals surface area contributed by atoms with Crippen molar-refractivity contribution in [3.63, 3.8) is 0 Å². The number of hydrogen-bond donors (Lipinski definition) is 2. The van der Waals surface area contributed by atoms with E-state index in [2.05, 4.69) is 10.6 Å². The number of carbonyl (C=O) groups is 3. The Morgan fingerprint density at radius 2 is 1.83 bits per heavy atom. The van der Waals surface area contributed by atoms with Gasteiger partial charge < -0.3 is 25.0 Å². The normalized spacial score (nSPS) is 15.8. The molecule has 0 radical (unpaired) electrons. The Bertz CT molecular complexity index is 944. The first kappa shape index (κ1) is 20.2. The summed E-state index contributed by atoms with van der Waals surface area (Å²) in [5, 5.41) is 5.50. The largest absolute Gasteiger partial charge is 0.493 e. The molecule has 1 aliphatic heterocycles. The van der Waals surface area contributed by atoms with Gasteiger partial charge in [0.25, 0.3) is 0 Å². The van der Waals surface area contributed by atoms with E-state index in [9.17, 15) is 14.4 Å². The van der Waals surface area contributed by atoms with E-state index in [1.165, 1.54) is 14.0 Å². The topological polar surface area (TPSA) is 97.0 Å². The number of nitrogens with one attached hydrogen (secondary N) is 2. The summed E-state index contributed by atoms with van der Waals surface area (Å²) in [4.78, 5) is 37.8. The first-order chi connectivity index (χ1) is 13.9. The minimum atomic E-state index is -0.433. The molecule has 8 heteroatoms. The van der Waals surface area contributed by atoms with E-state index in [0.29, 0.717) is 35.0 Å². The summed E-state index contributed by atoms with van der Waals surface area (Å²) >= 11 is 0. The Balaban J connectivity index is 1.64. The number of Topliss-reactive ketones (excluding diaryl/α,β-unsaturated/α-hetero) is 1. The van der Waals surface area contributed by atoms with Gasteiger partial charge in [0.05, 0.1) is 20.3 Å². The van der Waals surface area contributed by atoms with Gasteiger partial charge in [-0.3, -0.25) is 9.59 Å². The van der Waals surface area contributed by atoms with Crippen LogP contribution in [0.1, 0.15) is 23.7 Å². The lowest BCUT2D eigenvalue weighted by molar-refractivity contribution is -0.117. The molecule has 0 aliphatic carbocycles. The fourth-order valence-corrected chi connectivity index (χ4v) is 3.22. The molecule has 0 spiro atoms. The number of amides is 3. The van der Waals surface area contributed by atoms with Crippen molar-refractivity contribution in [2.24, 2.45) is 0 Å². The number of methoxy groups -OCH3 is 2. The number of carbonyl (C=O) groups excluding carboxylic acids is 3. The molecular weight excluding hydrogens is 374 g/mol. The highest BCUT2D eigenvalue weighted by atomic mass is 16.5. The van der Waals surface area contributed by atoms with Gasteiger partial charge in [0, 0.05) is 36.0 Å². The third kappa shape index (κ3) is 4.66. The van der Waals surface area contributed by atoms with Gasteiger partial charge in [0.15, 0.2) is 17.3 Å². The Kier molecular flexibility index (Phi) is 6.01. The molecule has 8 nitrogen and oxygen atoms in total. The van der Waals surface area contributed by atoms with Gasteiger partial charge in [-0.15, -0.1) is 0 Å². The molecule has 1 fully saturated rings. The zero-order chi connectivity index (χ0) is 21.0. The van der Waals surface area contributed by atoms with Gasteiger partial charge in [0.1, 0.15) is 0 Å². The third-order valence-electron chi connectivity index (χ3n) is 4.67. The van der Waals surface area contributed by atoms with Crippen LogP contribution in [0, 0.1) is 0 Å². The monoisotopic (exact) mass is 397 g/mol. The quantitative estimate of drug-likeness (QED) is 0.731. The lowest BCUT2D eigenvalue weighted by atomic mass is 10.1. The molecule has 152 valence electrons. The molecule has 1 atom stereocenters. The Morgan fingerprint density at radius 1 is 1.07 bits per heavy atom. The predicted octanol–water partition coefficient (Wildman–Crippen LogP) is 2.83. The second-order valence-electron chi connectivity index (χ2n) is 6.68. The van der Waals surface area contributed by atoms with Crippen LogP contribution < -0.4 is 25.0 Å². The number of rotatable bonds is 6. The maximum Gasteiger partial charge on any atom is 0.319 e. The summed E-state index contributed by atoms with van der Waals surface area (Å²) in [5.41, 5.74) is 1.70. The lowest BCUT2D eigenvalue weighted by Gasteiger charge is -2.19. The SMILES string of the molecule is COc1ccc(N2CC(NC(=O)Nc3cccc(C(C)=O)c3)CC2=O)cc1OC. The average Bonchev–Trinajstić information content (AvgIpc) is 3.07. The number of urea groups is 1. The summed E-state index contributed by atoms with van der Waals surface area (Å²) < 4.78 is 10.5. The number of nitrogens with zero attached hydrogens (tertiary/aromatic N) is 1. The second-order valence-corrected chi connectivity index (χ2v) is 6.68. The van der Waals surface area contributed by atoms with Crippen molar-refractivity contribution in [2.75, 3.05) is 31.0 Å². The van der Waals surface area contributed by atoms with Crippen molar-refractivity contribution in [3.05, 3.63) is 48.0 Å². The molecule has 2 aromatic rings. The van der Waals surface area contributed by atoms with Crippen LogP contribution in [0.3, 0.4) is 0 Å². The minimum absolute atomic E-state index is 0.0824. The molecule has 2 aromatic carbocycles. The Labute approximate surface area is 168 Å². The van der Waals surface area contributed by atoms with E-state index in [1.54, 1.807) is 54.5 Å². The highest BCUT2D eigenvalue weighted by Gasteiger charge is 2.32. The van der Waals surface area contributed by atoms with Crippen LogP contribution in [0.15, 0.2) is 42.5 Å². The highest BCUT2D eigenvalue weighted by Crippen LogP contribution is 2.33. The van der Waals surface area contributed by atoms with Crippen LogP contribution in [0.25, 0.3) is 0 Å². The smallest absolute Gasteiger partial charge is 0.319 e. The fourth-order valence-electron chi connectivity index (χ4n) is 3.22. The molecule has 0 aromatic heterocycles. The second kappa shape index (κ2) is 8.64. The van der Waals surface area contributed by atoms with Gasteiger partial charge in [0.2, 0.25) is 5.91 Å². The van der Waals surface area contributed by atoms with Crippen molar-refractivity contribution >= 4 is 29.1 Å². The zero-order valence-electron chi connectivity index (χ0n) is 16.5. The maximum absolute atomic E-state index is 12.4. The predicted molar refractivity (Wildman–Crippen MR) is 109 cm³/mol. The van der Waals surface area contributed by atoms with E-state index in [-0.39, 0.29) is 24.2 Å². The van der Waals surface area contributed by atoms with Crippen molar-refractivity contribution in [1.29, 1.82) is 0 Å². The van der Waals surface area contributed by atoms with E-state index in [0.717, 1.165) is 0 Å². The minimum Gasteiger partial charge on any atom is -0.493 e. The number of benzene rings is 2. The fraction of sp³-hybridized carbons (Fsp3) is 0.286. The van der Waals surface area contributed by atoms with Crippen molar-refractivity contribution in [1.82, 2.24) is 5.32 Å². The van der Waals surface area contributed by atoms with Crippen LogP contribution in [-0.4, -0.2) is 44.5 Å². The summed E-state index contributed by atoms with van der Waals surface area (Å²) in [5.74, 6) is 0.921. The molecule has 1 unspecified atom stereocenters. The molecule has 1 heterocycles. The van der Waals surface area contributed by atoms with E-state index in [1.807, 2.05) is 0 Å². The van der Waals surface area contributed by atoms with Gasteiger partial charge in [-0.25, -0.2) is 4.79 Å². The molecule has 2 N–H and O–H groups in total. The molecule has 29 heavy (non-hydrogen) atoms. The van der Waals surface area contributed by atoms with Gasteiger partial charge in [-0.1, -0.05) is 12.1 Å². The molecule has 1 saturated heterocycles. The van der Waals surface area contributed by atoms with Crippen molar-refractivity contribution in [2.45, 2.75) is 19.4 Å². The standard InChI is InChI=1S/C21H23N3O5/c1-13(25)14-5-4-6-15(9-14)22-21(27)23-16-10-20(26)24(12-16)17-7-8-18(28-2)19(11-17)29-3/h4-9,11,16H,10,12H2,1-3H3,(H2,22,23,27). The first-order valence-electron chi connectivity index (χ1n) is 9.12. The first-order valence-corrected chi connectivity index (χ1v) is 9.12. The maximum atomic E-state index is 12.4. The highest BCUT2D eigenvalue weighted by molar-refractivity contribution is 5.99. The van der Waals surface area contributed by atoms with Crippen LogP contribution in [-0.2, 0) is 4.79 Å². The third-order valence-corrected chi connectivity index (χ3v) is 4.67. The zero-order valence-corrected chi connectivity index (χ0v) is 16.5. The molecule has 3 amide bonds. The molecule has 0 saturated carbocycles. The van der Waals surface area contributed by atoms with Crippen molar-refractivity contribution < 1.29 is 23.9 Å². The number of anilines is 2. The van der Waals surface area contributed by atoms with Crippen LogP contribution in [0.5, 0.6) is 11.5 Å². The van der Waals surface area contributed by atoms with Gasteiger partial charge in [-0.2, -0.15) is 0 Å². The van der Waals surface area contributed by atoms with Crippen LogP contribution in [0.4, 0.5) is 16.2 Å². The number of ether oxygens (including phenoxy) is 2. The van der Waals surface area contributed by atoms with E-state index < -0.39 is 6.03 Å².